The Balaban J connectivity index is 1.65. The Kier molecular flexibility index (Phi) is 6.16. The second-order valence-electron chi connectivity index (χ2n) is 6.15. The molecule has 0 fully saturated rings. The third-order valence-corrected chi connectivity index (χ3v) is 3.79. The van der Waals surface area contributed by atoms with Crippen molar-refractivity contribution in [1.82, 2.24) is 9.97 Å². The topological polar surface area (TPSA) is 76.1 Å². The second kappa shape index (κ2) is 8.94. The van der Waals surface area contributed by atoms with Gasteiger partial charge in [-0.1, -0.05) is 6.92 Å². The molecule has 0 spiro atoms. The molecule has 144 valence electrons. The molecular formula is C21H21FN4O2. The Morgan fingerprint density at radius 3 is 2.39 bits per heavy atom. The normalized spacial score (nSPS) is 10.4. The van der Waals surface area contributed by atoms with Crippen molar-refractivity contribution in [3.8, 4) is 5.88 Å². The van der Waals surface area contributed by atoms with E-state index in [1.165, 1.54) is 24.3 Å². The number of aryl methyl sites for hydroxylation is 1. The van der Waals surface area contributed by atoms with Crippen molar-refractivity contribution in [1.29, 1.82) is 0 Å². The van der Waals surface area contributed by atoms with E-state index in [1.807, 2.05) is 19.1 Å². The molecule has 1 aromatic heterocycles. The maximum atomic E-state index is 13.0. The molecule has 0 unspecified atom stereocenters. The van der Waals surface area contributed by atoms with Crippen LogP contribution in [0.3, 0.4) is 0 Å². The molecule has 0 aliphatic heterocycles. The Hall–Kier alpha value is -3.48. The number of nitrogens with one attached hydrogen (secondary N) is 2. The predicted octanol–water partition coefficient (Wildman–Crippen LogP) is 4.71. The number of carbonyl (C=O) groups is 1. The molecule has 2 N–H and O–H groups in total. The van der Waals surface area contributed by atoms with Gasteiger partial charge < -0.3 is 15.4 Å². The standard InChI is InChI=1S/C21H21FN4O2/c1-3-12-28-20-13-19(23-14(2)24-20)25-17-8-10-18(11-9-17)26-21(27)15-4-6-16(22)7-5-15/h4-11,13H,3,12H2,1-2H3,(H,26,27)(H,23,24,25). The summed E-state index contributed by atoms with van der Waals surface area (Å²) < 4.78 is 18.5. The molecule has 1 heterocycles. The van der Waals surface area contributed by atoms with Crippen molar-refractivity contribution in [2.75, 3.05) is 17.2 Å². The van der Waals surface area contributed by atoms with E-state index in [4.69, 9.17) is 4.74 Å². The van der Waals surface area contributed by atoms with E-state index in [0.29, 0.717) is 35.4 Å². The van der Waals surface area contributed by atoms with E-state index < -0.39 is 0 Å². The van der Waals surface area contributed by atoms with Crippen molar-refractivity contribution in [2.24, 2.45) is 0 Å². The van der Waals surface area contributed by atoms with E-state index >= 15 is 0 Å². The van der Waals surface area contributed by atoms with E-state index in [-0.39, 0.29) is 11.7 Å². The molecule has 28 heavy (non-hydrogen) atoms. The summed E-state index contributed by atoms with van der Waals surface area (Å²) in [5.41, 5.74) is 1.82. The number of benzene rings is 2. The maximum absolute atomic E-state index is 13.0. The van der Waals surface area contributed by atoms with Crippen molar-refractivity contribution in [3.05, 3.63) is 71.8 Å². The first-order chi connectivity index (χ1) is 13.5. The molecule has 0 atom stereocenters. The maximum Gasteiger partial charge on any atom is 0.255 e. The lowest BCUT2D eigenvalue weighted by Gasteiger charge is -2.10. The van der Waals surface area contributed by atoms with Gasteiger partial charge in [0, 0.05) is 23.0 Å². The summed E-state index contributed by atoms with van der Waals surface area (Å²) in [4.78, 5) is 20.8. The number of carbonyl (C=O) groups excluding carboxylic acids is 1. The van der Waals surface area contributed by atoms with Crippen molar-refractivity contribution in [3.63, 3.8) is 0 Å². The number of rotatable bonds is 7. The van der Waals surface area contributed by atoms with E-state index in [2.05, 4.69) is 20.6 Å². The minimum absolute atomic E-state index is 0.301. The highest BCUT2D eigenvalue weighted by atomic mass is 19.1. The molecule has 1 amide bonds. The lowest BCUT2D eigenvalue weighted by molar-refractivity contribution is 0.102. The molecule has 0 saturated carbocycles. The highest BCUT2D eigenvalue weighted by molar-refractivity contribution is 6.04. The number of hydrogen-bond acceptors (Lipinski definition) is 5. The number of anilines is 3. The van der Waals surface area contributed by atoms with Gasteiger partial charge in [-0.15, -0.1) is 0 Å². The lowest BCUT2D eigenvalue weighted by Crippen LogP contribution is -2.11. The fourth-order valence-electron chi connectivity index (χ4n) is 2.47. The monoisotopic (exact) mass is 380 g/mol. The summed E-state index contributed by atoms with van der Waals surface area (Å²) in [7, 11) is 0. The Morgan fingerprint density at radius 2 is 1.71 bits per heavy atom. The average molecular weight is 380 g/mol. The molecule has 3 rings (SSSR count). The first-order valence-corrected chi connectivity index (χ1v) is 8.96. The minimum Gasteiger partial charge on any atom is -0.478 e. The molecule has 3 aromatic rings. The van der Waals surface area contributed by atoms with E-state index in [1.54, 1.807) is 25.1 Å². The van der Waals surface area contributed by atoms with Crippen LogP contribution in [0.4, 0.5) is 21.6 Å². The van der Waals surface area contributed by atoms with Gasteiger partial charge in [0.25, 0.3) is 5.91 Å². The molecule has 0 aliphatic rings. The van der Waals surface area contributed by atoms with Gasteiger partial charge in [0.05, 0.1) is 6.61 Å². The molecular weight excluding hydrogens is 359 g/mol. The number of hydrogen-bond donors (Lipinski definition) is 2. The first kappa shape index (κ1) is 19.3. The Bertz CT molecular complexity index is 944. The van der Waals surface area contributed by atoms with Crippen LogP contribution in [0.15, 0.2) is 54.6 Å². The third-order valence-electron chi connectivity index (χ3n) is 3.79. The van der Waals surface area contributed by atoms with Gasteiger partial charge in [0.1, 0.15) is 17.5 Å². The van der Waals surface area contributed by atoms with Gasteiger partial charge in [-0.3, -0.25) is 4.79 Å². The molecule has 6 nitrogen and oxygen atoms in total. The molecule has 0 bridgehead atoms. The number of halogens is 1. The van der Waals surface area contributed by atoms with Crippen molar-refractivity contribution < 1.29 is 13.9 Å². The highest BCUT2D eigenvalue weighted by Crippen LogP contribution is 2.21. The van der Waals surface area contributed by atoms with Gasteiger partial charge >= 0.3 is 0 Å². The smallest absolute Gasteiger partial charge is 0.255 e. The number of ether oxygens (including phenoxy) is 1. The quantitative estimate of drug-likeness (QED) is 0.621. The zero-order valence-electron chi connectivity index (χ0n) is 15.7. The highest BCUT2D eigenvalue weighted by Gasteiger charge is 2.07. The number of aromatic nitrogens is 2. The number of amides is 1. The summed E-state index contributed by atoms with van der Waals surface area (Å²) in [5, 5.41) is 5.97. The van der Waals surface area contributed by atoms with Crippen molar-refractivity contribution in [2.45, 2.75) is 20.3 Å². The van der Waals surface area contributed by atoms with Crippen LogP contribution in [0.1, 0.15) is 29.5 Å². The summed E-state index contributed by atoms with van der Waals surface area (Å²) in [6.45, 7) is 4.43. The zero-order chi connectivity index (χ0) is 19.9. The van der Waals surface area contributed by atoms with Gasteiger partial charge in [-0.05, 0) is 61.9 Å². The van der Waals surface area contributed by atoms with Crippen LogP contribution in [-0.2, 0) is 0 Å². The first-order valence-electron chi connectivity index (χ1n) is 8.96. The van der Waals surface area contributed by atoms with E-state index in [0.717, 1.165) is 12.1 Å². The van der Waals surface area contributed by atoms with Crippen LogP contribution in [0.5, 0.6) is 5.88 Å². The molecule has 0 radical (unpaired) electrons. The summed E-state index contributed by atoms with van der Waals surface area (Å²) in [6.07, 6.45) is 0.900. The van der Waals surface area contributed by atoms with Gasteiger partial charge in [0.2, 0.25) is 5.88 Å². The number of nitrogens with zero attached hydrogens (tertiary/aromatic N) is 2. The predicted molar refractivity (Wildman–Crippen MR) is 107 cm³/mol. The van der Waals surface area contributed by atoms with Crippen LogP contribution in [0, 0.1) is 12.7 Å². The fraction of sp³-hybridized carbons (Fsp3) is 0.190. The summed E-state index contributed by atoms with van der Waals surface area (Å²) in [5.74, 6) is 1.08. The molecule has 7 heteroatoms. The molecule has 0 saturated heterocycles. The molecule has 2 aromatic carbocycles. The minimum atomic E-state index is -0.379. The average Bonchev–Trinajstić information content (AvgIpc) is 2.68. The Labute approximate surface area is 162 Å². The largest absolute Gasteiger partial charge is 0.478 e. The Morgan fingerprint density at radius 1 is 1.04 bits per heavy atom. The van der Waals surface area contributed by atoms with Crippen LogP contribution >= 0.6 is 0 Å². The van der Waals surface area contributed by atoms with Crippen LogP contribution < -0.4 is 15.4 Å². The zero-order valence-corrected chi connectivity index (χ0v) is 15.7. The van der Waals surface area contributed by atoms with Crippen LogP contribution in [0.25, 0.3) is 0 Å². The summed E-state index contributed by atoms with van der Waals surface area (Å²) in [6, 6.07) is 14.3. The van der Waals surface area contributed by atoms with E-state index in [9.17, 15) is 9.18 Å². The SMILES string of the molecule is CCCOc1cc(Nc2ccc(NC(=O)c3ccc(F)cc3)cc2)nc(C)n1. The van der Waals surface area contributed by atoms with Crippen LogP contribution in [0.2, 0.25) is 0 Å². The van der Waals surface area contributed by atoms with Crippen LogP contribution in [-0.4, -0.2) is 22.5 Å². The lowest BCUT2D eigenvalue weighted by atomic mass is 10.2. The second-order valence-corrected chi connectivity index (χ2v) is 6.15. The van der Waals surface area contributed by atoms with Gasteiger partial charge in [-0.2, -0.15) is 4.98 Å². The van der Waals surface area contributed by atoms with Crippen molar-refractivity contribution >= 4 is 23.1 Å². The molecule has 0 aliphatic carbocycles. The summed E-state index contributed by atoms with van der Waals surface area (Å²) >= 11 is 0. The van der Waals surface area contributed by atoms with Gasteiger partial charge in [0.15, 0.2) is 0 Å². The van der Waals surface area contributed by atoms with Gasteiger partial charge in [-0.25, -0.2) is 9.37 Å². The third kappa shape index (κ3) is 5.26. The fourth-order valence-corrected chi connectivity index (χ4v) is 2.47.